The van der Waals surface area contributed by atoms with Crippen molar-refractivity contribution in [1.29, 1.82) is 0 Å². The Bertz CT molecular complexity index is 1140. The van der Waals surface area contributed by atoms with Gasteiger partial charge in [0.05, 0.1) is 11.9 Å². The Balaban J connectivity index is 1.45. The maximum atomic E-state index is 12.4. The van der Waals surface area contributed by atoms with E-state index in [9.17, 15) is 9.59 Å². The molecule has 6 nitrogen and oxygen atoms in total. The fourth-order valence-electron chi connectivity index (χ4n) is 4.50. The third kappa shape index (κ3) is 3.59. The number of nitrogens with one attached hydrogen (secondary N) is 2. The van der Waals surface area contributed by atoms with Crippen molar-refractivity contribution in [3.8, 4) is 0 Å². The SMILES string of the molecule is CCc1nc(C)c(CC(=O)NCCc2c(C)n3c4c(cccc24)CCC3)c(=O)[nH]1. The van der Waals surface area contributed by atoms with Gasteiger partial charge in [0, 0.05) is 41.8 Å². The van der Waals surface area contributed by atoms with Crippen LogP contribution in [0.4, 0.5) is 0 Å². The number of aromatic nitrogens is 3. The Labute approximate surface area is 170 Å². The van der Waals surface area contributed by atoms with E-state index in [4.69, 9.17) is 0 Å². The molecule has 0 saturated carbocycles. The highest BCUT2D eigenvalue weighted by Gasteiger charge is 2.19. The third-order valence-corrected chi connectivity index (χ3v) is 6.02. The molecule has 1 amide bonds. The molecule has 0 fully saturated rings. The zero-order valence-corrected chi connectivity index (χ0v) is 17.4. The summed E-state index contributed by atoms with van der Waals surface area (Å²) in [4.78, 5) is 31.8. The van der Waals surface area contributed by atoms with Crippen LogP contribution in [-0.4, -0.2) is 27.0 Å². The van der Waals surface area contributed by atoms with E-state index in [-0.39, 0.29) is 17.9 Å². The number of aryl methyl sites for hydroxylation is 4. The number of hydrogen-bond donors (Lipinski definition) is 2. The van der Waals surface area contributed by atoms with Crippen molar-refractivity contribution >= 4 is 16.8 Å². The van der Waals surface area contributed by atoms with Crippen LogP contribution >= 0.6 is 0 Å². The van der Waals surface area contributed by atoms with Crippen LogP contribution in [-0.2, 0) is 37.0 Å². The van der Waals surface area contributed by atoms with Gasteiger partial charge in [-0.15, -0.1) is 0 Å². The van der Waals surface area contributed by atoms with Crippen LogP contribution in [0.2, 0.25) is 0 Å². The molecule has 29 heavy (non-hydrogen) atoms. The van der Waals surface area contributed by atoms with Crippen LogP contribution in [0, 0.1) is 13.8 Å². The second-order valence-corrected chi connectivity index (χ2v) is 7.84. The summed E-state index contributed by atoms with van der Waals surface area (Å²) in [6.45, 7) is 7.52. The van der Waals surface area contributed by atoms with Crippen LogP contribution in [0.25, 0.3) is 10.9 Å². The minimum atomic E-state index is -0.214. The number of carbonyl (C=O) groups excluding carboxylic acids is 1. The van der Waals surface area contributed by atoms with Gasteiger partial charge in [-0.05, 0) is 44.2 Å². The lowest BCUT2D eigenvalue weighted by molar-refractivity contribution is -0.120. The number of nitrogens with zero attached hydrogens (tertiary/aromatic N) is 2. The fraction of sp³-hybridized carbons (Fsp3) is 0.435. The molecule has 2 N–H and O–H groups in total. The van der Waals surface area contributed by atoms with E-state index in [2.05, 4.69) is 45.0 Å². The van der Waals surface area contributed by atoms with E-state index in [0.29, 0.717) is 30.0 Å². The summed E-state index contributed by atoms with van der Waals surface area (Å²) in [5.74, 6) is 0.510. The zero-order chi connectivity index (χ0) is 20.5. The van der Waals surface area contributed by atoms with Gasteiger partial charge in [0.15, 0.2) is 0 Å². The van der Waals surface area contributed by atoms with Gasteiger partial charge in [0.1, 0.15) is 5.82 Å². The molecule has 6 heteroatoms. The number of carbonyl (C=O) groups is 1. The van der Waals surface area contributed by atoms with Gasteiger partial charge in [0.25, 0.3) is 5.56 Å². The lowest BCUT2D eigenvalue weighted by atomic mass is 10.0. The Hall–Kier alpha value is -2.89. The summed E-state index contributed by atoms with van der Waals surface area (Å²) < 4.78 is 2.43. The summed E-state index contributed by atoms with van der Waals surface area (Å²) in [5.41, 5.74) is 6.26. The number of amides is 1. The van der Waals surface area contributed by atoms with E-state index >= 15 is 0 Å². The van der Waals surface area contributed by atoms with Crippen molar-refractivity contribution in [2.45, 2.75) is 59.4 Å². The van der Waals surface area contributed by atoms with Gasteiger partial charge in [-0.25, -0.2) is 4.98 Å². The molecule has 0 saturated heterocycles. The minimum Gasteiger partial charge on any atom is -0.355 e. The monoisotopic (exact) mass is 392 g/mol. The molecule has 3 heterocycles. The average molecular weight is 393 g/mol. The molecule has 0 unspecified atom stereocenters. The highest BCUT2D eigenvalue weighted by atomic mass is 16.2. The van der Waals surface area contributed by atoms with Gasteiger partial charge in [-0.2, -0.15) is 0 Å². The molecule has 152 valence electrons. The van der Waals surface area contributed by atoms with Crippen LogP contribution < -0.4 is 10.9 Å². The fourth-order valence-corrected chi connectivity index (χ4v) is 4.50. The molecule has 1 aliphatic heterocycles. The predicted molar refractivity (Wildman–Crippen MR) is 114 cm³/mol. The van der Waals surface area contributed by atoms with E-state index < -0.39 is 0 Å². The number of rotatable bonds is 6. The maximum Gasteiger partial charge on any atom is 0.254 e. The Morgan fingerprint density at radius 3 is 2.86 bits per heavy atom. The Kier molecular flexibility index (Phi) is 5.26. The summed E-state index contributed by atoms with van der Waals surface area (Å²) in [7, 11) is 0. The second kappa shape index (κ2) is 7.85. The average Bonchev–Trinajstić information content (AvgIpc) is 2.98. The van der Waals surface area contributed by atoms with Crippen molar-refractivity contribution in [3.63, 3.8) is 0 Å². The molecule has 0 radical (unpaired) electrons. The van der Waals surface area contributed by atoms with Crippen molar-refractivity contribution in [2.75, 3.05) is 6.54 Å². The second-order valence-electron chi connectivity index (χ2n) is 7.84. The van der Waals surface area contributed by atoms with E-state index in [1.54, 1.807) is 6.92 Å². The molecule has 2 aromatic heterocycles. The van der Waals surface area contributed by atoms with E-state index in [1.165, 1.54) is 34.1 Å². The quantitative estimate of drug-likeness (QED) is 0.677. The lowest BCUT2D eigenvalue weighted by Crippen LogP contribution is -2.30. The summed E-state index contributed by atoms with van der Waals surface area (Å²) in [6, 6.07) is 6.55. The lowest BCUT2D eigenvalue weighted by Gasteiger charge is -2.16. The van der Waals surface area contributed by atoms with Crippen molar-refractivity contribution in [1.82, 2.24) is 19.9 Å². The first-order chi connectivity index (χ1) is 14.0. The number of aromatic amines is 1. The zero-order valence-electron chi connectivity index (χ0n) is 17.4. The van der Waals surface area contributed by atoms with Gasteiger partial charge in [-0.3, -0.25) is 9.59 Å². The number of para-hydroxylation sites is 1. The maximum absolute atomic E-state index is 12.4. The molecule has 0 aliphatic carbocycles. The standard InChI is InChI=1S/C23H28N4O2/c1-4-20-25-14(2)19(23(29)26-20)13-21(28)24-11-10-17-15(3)27-12-6-8-16-7-5-9-18(17)22(16)27/h5,7,9H,4,6,8,10-13H2,1-3H3,(H,24,28)(H,25,26,29). The molecule has 0 atom stereocenters. The molecular formula is C23H28N4O2. The summed E-state index contributed by atoms with van der Waals surface area (Å²) in [5, 5.41) is 4.29. The molecule has 0 spiro atoms. The van der Waals surface area contributed by atoms with Gasteiger partial charge in [-0.1, -0.05) is 25.1 Å². The third-order valence-electron chi connectivity index (χ3n) is 6.02. The molecule has 4 rings (SSSR count). The number of H-pyrrole nitrogens is 1. The summed E-state index contributed by atoms with van der Waals surface area (Å²) in [6.07, 6.45) is 3.82. The topological polar surface area (TPSA) is 79.8 Å². The van der Waals surface area contributed by atoms with Gasteiger partial charge in [0.2, 0.25) is 5.91 Å². The molecule has 1 aromatic carbocycles. The van der Waals surface area contributed by atoms with Crippen molar-refractivity contribution in [2.24, 2.45) is 0 Å². The number of benzene rings is 1. The van der Waals surface area contributed by atoms with Gasteiger partial charge >= 0.3 is 0 Å². The first-order valence-electron chi connectivity index (χ1n) is 10.4. The van der Waals surface area contributed by atoms with Crippen molar-refractivity contribution < 1.29 is 4.79 Å². The first-order valence-corrected chi connectivity index (χ1v) is 10.4. The van der Waals surface area contributed by atoms with Crippen molar-refractivity contribution in [3.05, 3.63) is 62.5 Å². The molecule has 0 bridgehead atoms. The first kappa shape index (κ1) is 19.4. The van der Waals surface area contributed by atoms with E-state index in [1.807, 2.05) is 6.92 Å². The molecule has 1 aliphatic rings. The highest BCUT2D eigenvalue weighted by Crippen LogP contribution is 2.32. The Morgan fingerprint density at radius 1 is 1.28 bits per heavy atom. The molecule has 3 aromatic rings. The molecular weight excluding hydrogens is 364 g/mol. The van der Waals surface area contributed by atoms with Gasteiger partial charge < -0.3 is 14.9 Å². The minimum absolute atomic E-state index is 0.0586. The Morgan fingerprint density at radius 2 is 2.10 bits per heavy atom. The smallest absolute Gasteiger partial charge is 0.254 e. The predicted octanol–water partition coefficient (Wildman–Crippen LogP) is 2.75. The normalized spacial score (nSPS) is 13.1. The van der Waals surface area contributed by atoms with E-state index in [0.717, 1.165) is 19.4 Å². The van der Waals surface area contributed by atoms with Crippen LogP contribution in [0.3, 0.4) is 0 Å². The number of hydrogen-bond acceptors (Lipinski definition) is 3. The largest absolute Gasteiger partial charge is 0.355 e. The summed E-state index contributed by atoms with van der Waals surface area (Å²) >= 11 is 0. The van der Waals surface area contributed by atoms with Crippen LogP contribution in [0.15, 0.2) is 23.0 Å². The van der Waals surface area contributed by atoms with Crippen LogP contribution in [0.5, 0.6) is 0 Å². The highest BCUT2D eigenvalue weighted by molar-refractivity contribution is 5.89. The van der Waals surface area contributed by atoms with Crippen LogP contribution in [0.1, 0.15) is 47.2 Å².